The fourth-order valence-electron chi connectivity index (χ4n) is 3.41. The van der Waals surface area contributed by atoms with Gasteiger partial charge in [0.15, 0.2) is 0 Å². The molecule has 3 atom stereocenters. The van der Waals surface area contributed by atoms with Gasteiger partial charge in [0.2, 0.25) is 15.9 Å². The number of carbonyl (C=O) groups is 1. The SMILES string of the molecule is CC1CC(C)CN(CCN2CC(S(N)(=O)=O)CC2=O)C1. The van der Waals surface area contributed by atoms with Crippen molar-refractivity contribution in [1.82, 2.24) is 9.80 Å². The van der Waals surface area contributed by atoms with E-state index in [1.807, 2.05) is 0 Å². The topological polar surface area (TPSA) is 83.7 Å². The van der Waals surface area contributed by atoms with Gasteiger partial charge in [-0.1, -0.05) is 13.8 Å². The van der Waals surface area contributed by atoms with Crippen molar-refractivity contribution in [3.05, 3.63) is 0 Å². The number of hydrogen-bond acceptors (Lipinski definition) is 4. The minimum absolute atomic E-state index is 0.0334. The van der Waals surface area contributed by atoms with Gasteiger partial charge in [0.25, 0.3) is 0 Å². The maximum Gasteiger partial charge on any atom is 0.224 e. The Hall–Kier alpha value is -0.660. The largest absolute Gasteiger partial charge is 0.340 e. The molecule has 1 amide bonds. The quantitative estimate of drug-likeness (QED) is 0.783. The summed E-state index contributed by atoms with van der Waals surface area (Å²) in [6.07, 6.45) is 1.29. The highest BCUT2D eigenvalue weighted by molar-refractivity contribution is 7.89. The highest BCUT2D eigenvalue weighted by Gasteiger charge is 2.36. The lowest BCUT2D eigenvalue weighted by Crippen LogP contribution is -2.43. The molecule has 2 aliphatic heterocycles. The Morgan fingerprint density at radius 2 is 1.75 bits per heavy atom. The third kappa shape index (κ3) is 3.93. The van der Waals surface area contributed by atoms with Crippen molar-refractivity contribution in [2.75, 3.05) is 32.7 Å². The number of rotatable bonds is 4. The molecule has 2 rings (SSSR count). The van der Waals surface area contributed by atoms with Gasteiger partial charge in [-0.05, 0) is 18.3 Å². The van der Waals surface area contributed by atoms with Crippen LogP contribution in [0.4, 0.5) is 0 Å². The lowest BCUT2D eigenvalue weighted by atomic mass is 9.92. The number of likely N-dealkylation sites (tertiary alicyclic amines) is 2. The van der Waals surface area contributed by atoms with Gasteiger partial charge in [0.1, 0.15) is 5.25 Å². The smallest absolute Gasteiger partial charge is 0.224 e. The number of hydrogen-bond donors (Lipinski definition) is 1. The predicted octanol–water partition coefficient (Wildman–Crippen LogP) is -0.146. The standard InChI is InChI=1S/C13H25N3O3S/c1-10-5-11(2)8-15(7-10)3-4-16-9-12(6-13(16)17)20(14,18)19/h10-12H,3-9H2,1-2H3,(H2,14,18,19). The molecule has 2 fully saturated rings. The summed E-state index contributed by atoms with van der Waals surface area (Å²) in [7, 11) is -3.61. The Labute approximate surface area is 121 Å². The summed E-state index contributed by atoms with van der Waals surface area (Å²) < 4.78 is 22.6. The second kappa shape index (κ2) is 5.99. The molecule has 0 bridgehead atoms. The summed E-state index contributed by atoms with van der Waals surface area (Å²) in [4.78, 5) is 15.8. The second-order valence-corrected chi connectivity index (χ2v) is 8.31. The first-order valence-corrected chi connectivity index (χ1v) is 8.88. The van der Waals surface area contributed by atoms with Crippen LogP contribution in [-0.4, -0.2) is 62.1 Å². The van der Waals surface area contributed by atoms with Gasteiger partial charge >= 0.3 is 0 Å². The molecule has 6 nitrogen and oxygen atoms in total. The molecule has 2 N–H and O–H groups in total. The third-order valence-corrected chi connectivity index (χ3v) is 5.52. The third-order valence-electron chi connectivity index (χ3n) is 4.27. The average molecular weight is 303 g/mol. The van der Waals surface area contributed by atoms with Gasteiger partial charge in [0.05, 0.1) is 0 Å². The minimum Gasteiger partial charge on any atom is -0.340 e. The van der Waals surface area contributed by atoms with Gasteiger partial charge < -0.3 is 9.80 Å². The van der Waals surface area contributed by atoms with Crippen LogP contribution in [0.25, 0.3) is 0 Å². The summed E-state index contributed by atoms with van der Waals surface area (Å²) in [5, 5.41) is 4.40. The monoisotopic (exact) mass is 303 g/mol. The molecule has 0 aromatic heterocycles. The van der Waals surface area contributed by atoms with Crippen molar-refractivity contribution < 1.29 is 13.2 Å². The number of piperidine rings is 1. The lowest BCUT2D eigenvalue weighted by Gasteiger charge is -2.35. The molecule has 0 aliphatic carbocycles. The fourth-order valence-corrected chi connectivity index (χ4v) is 4.17. The van der Waals surface area contributed by atoms with Gasteiger partial charge in [-0.25, -0.2) is 13.6 Å². The number of nitrogens with two attached hydrogens (primary N) is 1. The van der Waals surface area contributed by atoms with Crippen molar-refractivity contribution >= 4 is 15.9 Å². The van der Waals surface area contributed by atoms with Crippen molar-refractivity contribution in [1.29, 1.82) is 0 Å². The molecule has 3 unspecified atom stereocenters. The summed E-state index contributed by atoms with van der Waals surface area (Å²) in [5.41, 5.74) is 0. The molecule has 20 heavy (non-hydrogen) atoms. The molecular weight excluding hydrogens is 278 g/mol. The van der Waals surface area contributed by atoms with E-state index in [9.17, 15) is 13.2 Å². The van der Waals surface area contributed by atoms with Gasteiger partial charge in [0, 0.05) is 39.1 Å². The number of nitrogens with zero attached hydrogens (tertiary/aromatic N) is 2. The van der Waals surface area contributed by atoms with Crippen LogP contribution < -0.4 is 5.14 Å². The second-order valence-electron chi connectivity index (χ2n) is 6.46. The zero-order valence-corrected chi connectivity index (χ0v) is 13.1. The van der Waals surface area contributed by atoms with E-state index >= 15 is 0 Å². The summed E-state index contributed by atoms with van der Waals surface area (Å²) >= 11 is 0. The van der Waals surface area contributed by atoms with Gasteiger partial charge in [-0.3, -0.25) is 4.79 Å². The zero-order valence-electron chi connectivity index (χ0n) is 12.3. The Balaban J connectivity index is 1.84. The van der Waals surface area contributed by atoms with Crippen molar-refractivity contribution in [3.63, 3.8) is 0 Å². The molecular formula is C13H25N3O3S. The molecule has 2 aliphatic rings. The maximum absolute atomic E-state index is 11.8. The molecule has 2 heterocycles. The van der Waals surface area contributed by atoms with E-state index in [0.717, 1.165) is 19.6 Å². The summed E-state index contributed by atoms with van der Waals surface area (Å²) in [5.74, 6) is 1.28. The van der Waals surface area contributed by atoms with E-state index in [4.69, 9.17) is 5.14 Å². The van der Waals surface area contributed by atoms with E-state index < -0.39 is 15.3 Å². The molecule has 0 saturated carbocycles. The van der Waals surface area contributed by atoms with Gasteiger partial charge in [-0.15, -0.1) is 0 Å². The lowest BCUT2D eigenvalue weighted by molar-refractivity contribution is -0.127. The van der Waals surface area contributed by atoms with Crippen LogP contribution in [0, 0.1) is 11.8 Å². The molecule has 2 saturated heterocycles. The van der Waals surface area contributed by atoms with Crippen molar-refractivity contribution in [2.45, 2.75) is 31.9 Å². The van der Waals surface area contributed by atoms with E-state index in [0.29, 0.717) is 18.4 Å². The minimum atomic E-state index is -3.61. The Bertz CT molecular complexity index is 455. The summed E-state index contributed by atoms with van der Waals surface area (Å²) in [6.45, 7) is 8.29. The van der Waals surface area contributed by atoms with E-state index in [1.54, 1.807) is 4.90 Å². The highest BCUT2D eigenvalue weighted by Crippen LogP contribution is 2.21. The van der Waals surface area contributed by atoms with Crippen LogP contribution in [0.1, 0.15) is 26.7 Å². The average Bonchev–Trinajstić information content (AvgIpc) is 2.66. The Morgan fingerprint density at radius 1 is 1.15 bits per heavy atom. The van der Waals surface area contributed by atoms with Crippen molar-refractivity contribution in [3.8, 4) is 0 Å². The number of sulfonamides is 1. The zero-order chi connectivity index (χ0) is 14.9. The molecule has 0 radical (unpaired) electrons. The predicted molar refractivity (Wildman–Crippen MR) is 77.5 cm³/mol. The van der Waals surface area contributed by atoms with E-state index in [1.165, 1.54) is 6.42 Å². The molecule has 116 valence electrons. The van der Waals surface area contributed by atoms with Crippen LogP contribution in [0.2, 0.25) is 0 Å². The number of carbonyl (C=O) groups excluding carboxylic acids is 1. The fraction of sp³-hybridized carbons (Fsp3) is 0.923. The highest BCUT2D eigenvalue weighted by atomic mass is 32.2. The van der Waals surface area contributed by atoms with E-state index in [-0.39, 0.29) is 18.9 Å². The first-order chi connectivity index (χ1) is 9.25. The number of amides is 1. The molecule has 0 aromatic rings. The van der Waals surface area contributed by atoms with E-state index in [2.05, 4.69) is 18.7 Å². The molecule has 0 aromatic carbocycles. The first-order valence-electron chi connectivity index (χ1n) is 7.27. The van der Waals surface area contributed by atoms with Crippen LogP contribution in [0.3, 0.4) is 0 Å². The summed E-state index contributed by atoms with van der Waals surface area (Å²) in [6, 6.07) is 0. The maximum atomic E-state index is 11.8. The number of primary sulfonamides is 1. The molecule has 0 spiro atoms. The molecule has 7 heteroatoms. The van der Waals surface area contributed by atoms with Crippen molar-refractivity contribution in [2.24, 2.45) is 17.0 Å². The normalized spacial score (nSPS) is 32.9. The van der Waals surface area contributed by atoms with Crippen LogP contribution in [-0.2, 0) is 14.8 Å². The van der Waals surface area contributed by atoms with Crippen LogP contribution in [0.15, 0.2) is 0 Å². The van der Waals surface area contributed by atoms with Crippen LogP contribution >= 0.6 is 0 Å². The Kier molecular flexibility index (Phi) is 4.71. The Morgan fingerprint density at radius 3 is 2.25 bits per heavy atom. The first kappa shape index (κ1) is 15.7. The van der Waals surface area contributed by atoms with Crippen LogP contribution in [0.5, 0.6) is 0 Å². The van der Waals surface area contributed by atoms with Gasteiger partial charge in [-0.2, -0.15) is 0 Å².